The molecule has 0 atom stereocenters. The van der Waals surface area contributed by atoms with E-state index in [-0.39, 0.29) is 0 Å². The normalized spacial score (nSPS) is 12.5. The second-order valence-corrected chi connectivity index (χ2v) is 22.9. The van der Waals surface area contributed by atoms with Crippen LogP contribution in [0.4, 0.5) is 0 Å². The molecule has 0 aromatic heterocycles. The van der Waals surface area contributed by atoms with Gasteiger partial charge in [-0.3, -0.25) is 0 Å². The van der Waals surface area contributed by atoms with Crippen molar-refractivity contribution in [3.8, 4) is 11.5 Å². The van der Waals surface area contributed by atoms with E-state index in [0.717, 1.165) is 26.3 Å². The minimum absolute atomic E-state index is 0.397. The molecule has 0 amide bonds. The van der Waals surface area contributed by atoms with Crippen molar-refractivity contribution in [2.24, 2.45) is 0 Å². The van der Waals surface area contributed by atoms with Crippen LogP contribution < -0.4 is 26.3 Å². The molecule has 0 radical (unpaired) electrons. The summed E-state index contributed by atoms with van der Waals surface area (Å²) >= 11 is 0. The first kappa shape index (κ1) is 23.8. The van der Waals surface area contributed by atoms with Crippen molar-refractivity contribution in [2.45, 2.75) is 39.3 Å². The van der Waals surface area contributed by atoms with Crippen LogP contribution in [0.5, 0.6) is 11.5 Å². The number of hydrogen-bond donors (Lipinski definition) is 2. The molecular formula is C28H33O2PSi2. The fraction of sp³-hybridized carbons (Fsp3) is 0.214. The Kier molecular flexibility index (Phi) is 6.30. The van der Waals surface area contributed by atoms with Crippen molar-refractivity contribution in [3.63, 3.8) is 0 Å². The summed E-state index contributed by atoms with van der Waals surface area (Å²) in [6, 6.07) is 27.2. The summed E-state index contributed by atoms with van der Waals surface area (Å²) in [5.74, 6) is 0.794. The van der Waals surface area contributed by atoms with E-state index in [1.807, 2.05) is 12.1 Å². The van der Waals surface area contributed by atoms with Crippen LogP contribution in [0.3, 0.4) is 0 Å². The molecule has 0 aliphatic heterocycles. The molecule has 0 aliphatic carbocycles. The summed E-state index contributed by atoms with van der Waals surface area (Å²) in [7, 11) is -4.64. The Balaban J connectivity index is 2.03. The Morgan fingerprint density at radius 1 is 0.545 bits per heavy atom. The topological polar surface area (TPSA) is 40.5 Å². The summed E-state index contributed by atoms with van der Waals surface area (Å²) in [5.41, 5.74) is 0. The van der Waals surface area contributed by atoms with Crippen LogP contribution in [0, 0.1) is 0 Å². The lowest BCUT2D eigenvalue weighted by molar-refractivity contribution is 0.483. The molecule has 0 unspecified atom stereocenters. The summed E-state index contributed by atoms with van der Waals surface area (Å²) < 4.78 is 0. The third-order valence-electron chi connectivity index (χ3n) is 6.12. The highest BCUT2D eigenvalue weighted by molar-refractivity contribution is 7.80. The lowest BCUT2D eigenvalue weighted by Gasteiger charge is -2.27. The number of phenolic OH excluding ortho intramolecular Hbond substituents is 2. The first-order valence-corrected chi connectivity index (χ1v) is 19.8. The highest BCUT2D eigenvalue weighted by atomic mass is 31.1. The minimum Gasteiger partial charge on any atom is -0.507 e. The molecule has 0 fully saturated rings. The fourth-order valence-corrected chi connectivity index (χ4v) is 9.89. The highest BCUT2D eigenvalue weighted by Gasteiger charge is 2.30. The zero-order chi connectivity index (χ0) is 24.0. The van der Waals surface area contributed by atoms with E-state index in [4.69, 9.17) is 0 Å². The lowest BCUT2D eigenvalue weighted by atomic mass is 10.1. The van der Waals surface area contributed by atoms with Crippen molar-refractivity contribution >= 4 is 61.1 Å². The van der Waals surface area contributed by atoms with Crippen molar-refractivity contribution in [3.05, 3.63) is 78.9 Å². The zero-order valence-corrected chi connectivity index (χ0v) is 23.2. The smallest absolute Gasteiger partial charge is 0.123 e. The summed E-state index contributed by atoms with van der Waals surface area (Å²) in [6.45, 7) is 13.5. The molecule has 0 aliphatic rings. The molecule has 33 heavy (non-hydrogen) atoms. The van der Waals surface area contributed by atoms with E-state index in [2.05, 4.69) is 106 Å². The van der Waals surface area contributed by atoms with Gasteiger partial charge in [0.05, 0.1) is 16.1 Å². The molecular weight excluding hydrogens is 455 g/mol. The Morgan fingerprint density at radius 2 is 1.03 bits per heavy atom. The standard InChI is InChI=1S/C28H33O2PSi2/c1-32(2,3)25-15-9-13-23(27(25)29)31(22-18-17-20-11-7-8-12-21(20)19-22)24-14-10-16-26(28(24)30)33(4,5)6/h7-19,29-30H,1-6H3. The maximum absolute atomic E-state index is 11.5. The van der Waals surface area contributed by atoms with Gasteiger partial charge in [0.25, 0.3) is 0 Å². The molecule has 0 saturated carbocycles. The number of phenols is 2. The van der Waals surface area contributed by atoms with Gasteiger partial charge in [0.15, 0.2) is 0 Å². The number of fused-ring (bicyclic) bond motifs is 1. The summed E-state index contributed by atoms with van der Waals surface area (Å²) in [6.07, 6.45) is 0. The van der Waals surface area contributed by atoms with Gasteiger partial charge in [-0.05, 0) is 40.4 Å². The molecule has 5 heteroatoms. The highest BCUT2D eigenvalue weighted by Crippen LogP contribution is 2.39. The second kappa shape index (κ2) is 8.75. The van der Waals surface area contributed by atoms with E-state index in [0.29, 0.717) is 11.5 Å². The largest absolute Gasteiger partial charge is 0.507 e. The van der Waals surface area contributed by atoms with Gasteiger partial charge in [-0.2, -0.15) is 0 Å². The van der Waals surface area contributed by atoms with E-state index in [1.54, 1.807) is 0 Å². The Hall–Kier alpha value is -2.40. The molecule has 0 heterocycles. The predicted molar refractivity (Wildman–Crippen MR) is 152 cm³/mol. The number of rotatable bonds is 5. The molecule has 4 aromatic carbocycles. The van der Waals surface area contributed by atoms with Crippen molar-refractivity contribution in [2.75, 3.05) is 0 Å². The van der Waals surface area contributed by atoms with Crippen LogP contribution in [-0.4, -0.2) is 26.4 Å². The first-order valence-electron chi connectivity index (χ1n) is 11.4. The van der Waals surface area contributed by atoms with Crippen molar-refractivity contribution in [1.29, 1.82) is 0 Å². The SMILES string of the molecule is C[Si](C)(C)c1cccc(P(c2ccc3ccccc3c2)c2cccc([Si](C)(C)C)c2O)c1O. The summed E-state index contributed by atoms with van der Waals surface area (Å²) in [4.78, 5) is 0. The van der Waals surface area contributed by atoms with Gasteiger partial charge in [0, 0.05) is 10.6 Å². The van der Waals surface area contributed by atoms with E-state index in [9.17, 15) is 10.2 Å². The Bertz CT molecular complexity index is 1260. The molecule has 0 spiro atoms. The fourth-order valence-electron chi connectivity index (χ4n) is 4.36. The Labute approximate surface area is 200 Å². The number of hydrogen-bond acceptors (Lipinski definition) is 2. The quantitative estimate of drug-likeness (QED) is 0.303. The first-order chi connectivity index (χ1) is 15.5. The van der Waals surface area contributed by atoms with Crippen LogP contribution in [0.2, 0.25) is 39.3 Å². The second-order valence-electron chi connectivity index (χ2n) is 10.7. The average Bonchev–Trinajstić information content (AvgIpc) is 2.74. The van der Waals surface area contributed by atoms with E-state index < -0.39 is 24.1 Å². The lowest BCUT2D eigenvalue weighted by Crippen LogP contribution is -2.41. The predicted octanol–water partition coefficient (Wildman–Crippen LogP) is 5.10. The van der Waals surface area contributed by atoms with E-state index >= 15 is 0 Å². The maximum Gasteiger partial charge on any atom is 0.123 e. The van der Waals surface area contributed by atoms with Crippen LogP contribution in [-0.2, 0) is 0 Å². The average molecular weight is 489 g/mol. The van der Waals surface area contributed by atoms with Gasteiger partial charge >= 0.3 is 0 Å². The van der Waals surface area contributed by atoms with Crippen molar-refractivity contribution in [1.82, 2.24) is 0 Å². The zero-order valence-electron chi connectivity index (χ0n) is 20.3. The molecule has 4 aromatic rings. The van der Waals surface area contributed by atoms with Gasteiger partial charge in [-0.15, -0.1) is 0 Å². The van der Waals surface area contributed by atoms with Gasteiger partial charge in [-0.25, -0.2) is 0 Å². The van der Waals surface area contributed by atoms with Gasteiger partial charge in [-0.1, -0.05) is 112 Å². The van der Waals surface area contributed by atoms with Crippen LogP contribution in [0.15, 0.2) is 78.9 Å². The number of benzene rings is 4. The monoisotopic (exact) mass is 488 g/mol. The van der Waals surface area contributed by atoms with Crippen molar-refractivity contribution < 1.29 is 10.2 Å². The molecule has 170 valence electrons. The van der Waals surface area contributed by atoms with Gasteiger partial charge in [0.2, 0.25) is 0 Å². The molecule has 4 rings (SSSR count). The van der Waals surface area contributed by atoms with Crippen LogP contribution in [0.1, 0.15) is 0 Å². The van der Waals surface area contributed by atoms with Gasteiger partial charge in [0.1, 0.15) is 11.5 Å². The Morgan fingerprint density at radius 3 is 1.52 bits per heavy atom. The number of para-hydroxylation sites is 2. The van der Waals surface area contributed by atoms with Crippen LogP contribution in [0.25, 0.3) is 10.8 Å². The van der Waals surface area contributed by atoms with E-state index in [1.165, 1.54) is 10.8 Å². The third-order valence-corrected chi connectivity index (χ3v) is 12.6. The minimum atomic E-state index is -1.75. The molecule has 2 nitrogen and oxygen atoms in total. The molecule has 0 saturated heterocycles. The third kappa shape index (κ3) is 4.66. The molecule has 2 N–H and O–H groups in total. The number of aromatic hydroxyl groups is 2. The summed E-state index contributed by atoms with van der Waals surface area (Å²) in [5, 5.41) is 30.5. The van der Waals surface area contributed by atoms with Crippen LogP contribution >= 0.6 is 7.92 Å². The molecule has 0 bridgehead atoms. The maximum atomic E-state index is 11.5. The van der Waals surface area contributed by atoms with Gasteiger partial charge < -0.3 is 10.2 Å².